The van der Waals surface area contributed by atoms with Crippen molar-refractivity contribution in [1.29, 1.82) is 0 Å². The summed E-state index contributed by atoms with van der Waals surface area (Å²) in [5.41, 5.74) is 1.73. The van der Waals surface area contributed by atoms with Crippen LogP contribution in [0.3, 0.4) is 0 Å². The van der Waals surface area contributed by atoms with Crippen molar-refractivity contribution >= 4 is 11.6 Å². The van der Waals surface area contributed by atoms with Gasteiger partial charge in [-0.15, -0.1) is 0 Å². The van der Waals surface area contributed by atoms with E-state index in [9.17, 15) is 9.18 Å². The van der Waals surface area contributed by atoms with Crippen LogP contribution in [0.1, 0.15) is 18.9 Å². The molecule has 0 aromatic heterocycles. The third kappa shape index (κ3) is 4.87. The molecule has 0 fully saturated rings. The molecular weight excluding hydrogens is 245 g/mol. The van der Waals surface area contributed by atoms with Gasteiger partial charge in [-0.25, -0.2) is 4.39 Å². The van der Waals surface area contributed by atoms with Gasteiger partial charge in [-0.3, -0.25) is 4.79 Å². The van der Waals surface area contributed by atoms with Crippen LogP contribution < -0.4 is 15.5 Å². The molecule has 5 heteroatoms. The number of carbonyl (C=O) groups excluding carboxylic acids is 1. The Balaban J connectivity index is 2.82. The lowest BCUT2D eigenvalue weighted by atomic mass is 10.1. The van der Waals surface area contributed by atoms with Crippen LogP contribution in [-0.4, -0.2) is 33.1 Å². The van der Waals surface area contributed by atoms with E-state index in [0.717, 1.165) is 24.2 Å². The van der Waals surface area contributed by atoms with E-state index in [1.165, 1.54) is 12.1 Å². The average molecular weight is 267 g/mol. The molecule has 2 N–H and O–H groups in total. The summed E-state index contributed by atoms with van der Waals surface area (Å²) in [7, 11) is 3.43. The van der Waals surface area contributed by atoms with Crippen LogP contribution in [-0.2, 0) is 11.3 Å². The number of hydrogen-bond donors (Lipinski definition) is 2. The minimum atomic E-state index is -0.259. The van der Waals surface area contributed by atoms with Gasteiger partial charge in [-0.1, -0.05) is 6.92 Å². The summed E-state index contributed by atoms with van der Waals surface area (Å²) in [6.45, 7) is 3.81. The molecule has 19 heavy (non-hydrogen) atoms. The maximum absolute atomic E-state index is 13.3. The lowest BCUT2D eigenvalue weighted by Gasteiger charge is -2.22. The Labute approximate surface area is 114 Å². The summed E-state index contributed by atoms with van der Waals surface area (Å²) in [6.07, 6.45) is 1.03. The third-order valence-corrected chi connectivity index (χ3v) is 2.85. The van der Waals surface area contributed by atoms with Crippen LogP contribution in [0.25, 0.3) is 0 Å². The molecule has 4 nitrogen and oxygen atoms in total. The lowest BCUT2D eigenvalue weighted by molar-refractivity contribution is -0.119. The van der Waals surface area contributed by atoms with Crippen molar-refractivity contribution in [3.63, 3.8) is 0 Å². The molecule has 0 heterocycles. The average Bonchev–Trinajstić information content (AvgIpc) is 2.38. The third-order valence-electron chi connectivity index (χ3n) is 2.85. The van der Waals surface area contributed by atoms with Gasteiger partial charge in [0.15, 0.2) is 0 Å². The van der Waals surface area contributed by atoms with Crippen molar-refractivity contribution in [2.45, 2.75) is 19.9 Å². The van der Waals surface area contributed by atoms with Crippen LogP contribution in [0, 0.1) is 5.82 Å². The van der Waals surface area contributed by atoms with Gasteiger partial charge in [-0.05, 0) is 36.7 Å². The van der Waals surface area contributed by atoms with Gasteiger partial charge in [0.25, 0.3) is 0 Å². The monoisotopic (exact) mass is 267 g/mol. The first kappa shape index (κ1) is 15.4. The quantitative estimate of drug-likeness (QED) is 0.736. The number of likely N-dealkylation sites (N-methyl/N-ethyl adjacent to an activating group) is 2. The second-order valence-electron chi connectivity index (χ2n) is 4.48. The molecule has 1 aromatic carbocycles. The molecule has 106 valence electrons. The zero-order chi connectivity index (χ0) is 14.3. The second kappa shape index (κ2) is 7.74. The number of rotatable bonds is 7. The molecule has 0 saturated heterocycles. The summed E-state index contributed by atoms with van der Waals surface area (Å²) < 4.78 is 13.3. The largest absolute Gasteiger partial charge is 0.365 e. The maximum atomic E-state index is 13.3. The van der Waals surface area contributed by atoms with E-state index < -0.39 is 0 Å². The standard InChI is InChI=1S/C14H22FN3O/c1-4-7-17-9-11-8-12(15)5-6-13(11)18(3)10-14(19)16-2/h5-6,8,17H,4,7,9-10H2,1-3H3,(H,16,19). The summed E-state index contributed by atoms with van der Waals surface area (Å²) in [5.74, 6) is -0.329. The molecule has 0 radical (unpaired) electrons. The molecule has 0 atom stereocenters. The fourth-order valence-electron chi connectivity index (χ4n) is 1.85. The molecular formula is C14H22FN3O. The van der Waals surface area contributed by atoms with Crippen molar-refractivity contribution < 1.29 is 9.18 Å². The van der Waals surface area contributed by atoms with Gasteiger partial charge in [-0.2, -0.15) is 0 Å². The Hall–Kier alpha value is -1.62. The van der Waals surface area contributed by atoms with Gasteiger partial charge in [0.05, 0.1) is 6.54 Å². The van der Waals surface area contributed by atoms with Gasteiger partial charge >= 0.3 is 0 Å². The second-order valence-corrected chi connectivity index (χ2v) is 4.48. The van der Waals surface area contributed by atoms with Gasteiger partial charge in [0.1, 0.15) is 5.82 Å². The van der Waals surface area contributed by atoms with E-state index >= 15 is 0 Å². The Morgan fingerprint density at radius 3 is 2.79 bits per heavy atom. The number of halogens is 1. The van der Waals surface area contributed by atoms with E-state index in [0.29, 0.717) is 6.54 Å². The first-order valence-electron chi connectivity index (χ1n) is 6.49. The number of amides is 1. The lowest BCUT2D eigenvalue weighted by Crippen LogP contribution is -2.33. The molecule has 0 bridgehead atoms. The Morgan fingerprint density at radius 2 is 2.16 bits per heavy atom. The molecule has 0 aliphatic rings. The fraction of sp³-hybridized carbons (Fsp3) is 0.500. The number of hydrogen-bond acceptors (Lipinski definition) is 3. The van der Waals surface area contributed by atoms with Crippen molar-refractivity contribution in [3.8, 4) is 0 Å². The molecule has 1 aromatic rings. The van der Waals surface area contributed by atoms with Gasteiger partial charge in [0, 0.05) is 26.3 Å². The number of nitrogens with one attached hydrogen (secondary N) is 2. The van der Waals surface area contributed by atoms with E-state index in [2.05, 4.69) is 17.6 Å². The number of nitrogens with zero attached hydrogens (tertiary/aromatic N) is 1. The van der Waals surface area contributed by atoms with Gasteiger partial charge in [0.2, 0.25) is 5.91 Å². The first-order valence-corrected chi connectivity index (χ1v) is 6.49. The number of anilines is 1. The predicted molar refractivity (Wildman–Crippen MR) is 75.7 cm³/mol. The van der Waals surface area contributed by atoms with Crippen molar-refractivity contribution in [2.24, 2.45) is 0 Å². The molecule has 0 saturated carbocycles. The number of benzene rings is 1. The first-order chi connectivity index (χ1) is 9.08. The van der Waals surface area contributed by atoms with Crippen molar-refractivity contribution in [2.75, 3.05) is 32.1 Å². The summed E-state index contributed by atoms with van der Waals surface area (Å²) in [4.78, 5) is 13.2. The highest BCUT2D eigenvalue weighted by Gasteiger charge is 2.11. The summed E-state index contributed by atoms with van der Waals surface area (Å²) >= 11 is 0. The summed E-state index contributed by atoms with van der Waals surface area (Å²) in [5, 5.41) is 5.83. The van der Waals surface area contributed by atoms with Crippen LogP contribution in [0.4, 0.5) is 10.1 Å². The van der Waals surface area contributed by atoms with Crippen LogP contribution >= 0.6 is 0 Å². The van der Waals surface area contributed by atoms with Gasteiger partial charge < -0.3 is 15.5 Å². The summed E-state index contributed by atoms with van der Waals surface area (Å²) in [6, 6.07) is 4.64. The highest BCUT2D eigenvalue weighted by molar-refractivity contribution is 5.81. The minimum Gasteiger partial charge on any atom is -0.365 e. The smallest absolute Gasteiger partial charge is 0.239 e. The highest BCUT2D eigenvalue weighted by Crippen LogP contribution is 2.20. The highest BCUT2D eigenvalue weighted by atomic mass is 19.1. The zero-order valence-corrected chi connectivity index (χ0v) is 11.8. The fourth-order valence-corrected chi connectivity index (χ4v) is 1.85. The van der Waals surface area contributed by atoms with Crippen LogP contribution in [0.5, 0.6) is 0 Å². The molecule has 0 spiro atoms. The van der Waals surface area contributed by atoms with Crippen molar-refractivity contribution in [1.82, 2.24) is 10.6 Å². The molecule has 1 amide bonds. The Morgan fingerprint density at radius 1 is 1.42 bits per heavy atom. The van der Waals surface area contributed by atoms with Crippen molar-refractivity contribution in [3.05, 3.63) is 29.6 Å². The molecule has 0 aliphatic heterocycles. The normalized spacial score (nSPS) is 10.3. The van der Waals surface area contributed by atoms with E-state index in [1.807, 2.05) is 11.9 Å². The van der Waals surface area contributed by atoms with Crippen LogP contribution in [0.2, 0.25) is 0 Å². The molecule has 0 unspecified atom stereocenters. The predicted octanol–water partition coefficient (Wildman–Crippen LogP) is 1.51. The van der Waals surface area contributed by atoms with E-state index in [4.69, 9.17) is 0 Å². The molecule has 0 aliphatic carbocycles. The SMILES string of the molecule is CCCNCc1cc(F)ccc1N(C)CC(=O)NC. The maximum Gasteiger partial charge on any atom is 0.239 e. The van der Waals surface area contributed by atoms with E-state index in [1.54, 1.807) is 13.1 Å². The topological polar surface area (TPSA) is 44.4 Å². The van der Waals surface area contributed by atoms with Crippen LogP contribution in [0.15, 0.2) is 18.2 Å². The minimum absolute atomic E-state index is 0.0701. The van der Waals surface area contributed by atoms with E-state index in [-0.39, 0.29) is 18.3 Å². The zero-order valence-electron chi connectivity index (χ0n) is 11.8. The Bertz CT molecular complexity index is 423. The Kier molecular flexibility index (Phi) is 6.29. The number of carbonyl (C=O) groups is 1. The molecule has 1 rings (SSSR count).